The molecule has 0 radical (unpaired) electrons. The smallest absolute Gasteiger partial charge is 0.343 e. The van der Waals surface area contributed by atoms with Crippen molar-refractivity contribution in [1.82, 2.24) is 0 Å². The predicted octanol–water partition coefficient (Wildman–Crippen LogP) is 6.21. The number of esters is 4. The molecular formula is C35H36O10. The van der Waals surface area contributed by atoms with E-state index in [1.807, 2.05) is 0 Å². The van der Waals surface area contributed by atoms with E-state index in [9.17, 15) is 19.2 Å². The molecule has 0 aliphatic heterocycles. The summed E-state index contributed by atoms with van der Waals surface area (Å²) in [5.74, 6) is -0.136. The Morgan fingerprint density at radius 2 is 1.00 bits per heavy atom. The van der Waals surface area contributed by atoms with Gasteiger partial charge in [0.25, 0.3) is 0 Å². The Hall–Kier alpha value is -5.38. The average molecular weight is 617 g/mol. The maximum atomic E-state index is 12.8. The third kappa shape index (κ3) is 12.0. The van der Waals surface area contributed by atoms with Gasteiger partial charge in [-0.2, -0.15) is 0 Å². The summed E-state index contributed by atoms with van der Waals surface area (Å²) in [7, 11) is 0. The Balaban J connectivity index is 1.42. The molecule has 0 N–H and O–H groups in total. The minimum atomic E-state index is -0.575. The van der Waals surface area contributed by atoms with Crippen molar-refractivity contribution in [2.45, 2.75) is 32.6 Å². The van der Waals surface area contributed by atoms with Gasteiger partial charge in [-0.15, -0.1) is 0 Å². The third-order valence-electron chi connectivity index (χ3n) is 6.19. The molecular weight excluding hydrogens is 580 g/mol. The van der Waals surface area contributed by atoms with Gasteiger partial charge in [-0.05, 0) is 105 Å². The number of benzene rings is 3. The lowest BCUT2D eigenvalue weighted by Gasteiger charge is -2.10. The van der Waals surface area contributed by atoms with E-state index in [0.29, 0.717) is 86.2 Å². The molecule has 0 bridgehead atoms. The molecule has 0 atom stereocenters. The second-order valence-corrected chi connectivity index (χ2v) is 9.61. The van der Waals surface area contributed by atoms with Crippen molar-refractivity contribution in [2.75, 3.05) is 26.4 Å². The van der Waals surface area contributed by atoms with Gasteiger partial charge in [0.1, 0.15) is 23.0 Å². The first-order valence-electron chi connectivity index (χ1n) is 14.4. The summed E-state index contributed by atoms with van der Waals surface area (Å²) >= 11 is 0. The molecule has 0 spiro atoms. The Kier molecular flexibility index (Phi) is 13.9. The van der Waals surface area contributed by atoms with Crippen molar-refractivity contribution in [3.63, 3.8) is 0 Å². The zero-order valence-electron chi connectivity index (χ0n) is 25.2. The largest absolute Gasteiger partial charge is 0.494 e. The summed E-state index contributed by atoms with van der Waals surface area (Å²) in [6.07, 6.45) is 4.97. The molecule has 45 heavy (non-hydrogen) atoms. The van der Waals surface area contributed by atoms with Gasteiger partial charge in [0, 0.05) is 12.2 Å². The van der Waals surface area contributed by atoms with E-state index in [1.54, 1.807) is 61.5 Å². The maximum absolute atomic E-state index is 12.8. The van der Waals surface area contributed by atoms with Gasteiger partial charge in [-0.3, -0.25) is 0 Å². The molecule has 0 saturated carbocycles. The number of aryl methyl sites for hydroxylation is 1. The number of hydrogen-bond acceptors (Lipinski definition) is 10. The van der Waals surface area contributed by atoms with E-state index in [-0.39, 0.29) is 5.56 Å². The number of hydrogen-bond donors (Lipinski definition) is 0. The number of rotatable bonds is 18. The second kappa shape index (κ2) is 18.3. The van der Waals surface area contributed by atoms with Gasteiger partial charge in [0.15, 0.2) is 0 Å². The summed E-state index contributed by atoms with van der Waals surface area (Å²) in [6.45, 7) is 9.88. The molecule has 0 unspecified atom stereocenters. The van der Waals surface area contributed by atoms with Crippen LogP contribution in [0.2, 0.25) is 0 Å². The van der Waals surface area contributed by atoms with Crippen LogP contribution in [0.25, 0.3) is 0 Å². The zero-order valence-corrected chi connectivity index (χ0v) is 25.2. The molecule has 0 heterocycles. The SMILES string of the molecule is C=CC(=O)OCCCCOc1ccc(OC(=O)c2ccc(C(=O)Oc3ccc(OCCCCOC(=O)C=C)cc3)c(C)c2)cc1. The van der Waals surface area contributed by atoms with E-state index in [0.717, 1.165) is 12.2 Å². The highest BCUT2D eigenvalue weighted by molar-refractivity contribution is 5.96. The van der Waals surface area contributed by atoms with Crippen LogP contribution in [0.15, 0.2) is 92.0 Å². The van der Waals surface area contributed by atoms with Crippen LogP contribution in [0.1, 0.15) is 52.0 Å². The molecule has 0 aliphatic rings. The van der Waals surface area contributed by atoms with Crippen molar-refractivity contribution in [3.05, 3.63) is 109 Å². The van der Waals surface area contributed by atoms with Crippen LogP contribution in [0.5, 0.6) is 23.0 Å². The van der Waals surface area contributed by atoms with E-state index < -0.39 is 23.9 Å². The summed E-state index contributed by atoms with van der Waals surface area (Å²) in [6, 6.07) is 17.9. The van der Waals surface area contributed by atoms with Crippen molar-refractivity contribution < 1.29 is 47.6 Å². The maximum Gasteiger partial charge on any atom is 0.343 e. The average Bonchev–Trinajstić information content (AvgIpc) is 3.05. The van der Waals surface area contributed by atoms with Crippen LogP contribution >= 0.6 is 0 Å². The number of unbranched alkanes of at least 4 members (excludes halogenated alkanes) is 2. The van der Waals surface area contributed by atoms with Gasteiger partial charge >= 0.3 is 23.9 Å². The van der Waals surface area contributed by atoms with Crippen molar-refractivity contribution in [2.24, 2.45) is 0 Å². The van der Waals surface area contributed by atoms with Crippen LogP contribution in [-0.2, 0) is 19.1 Å². The summed E-state index contributed by atoms with van der Waals surface area (Å²) in [5, 5.41) is 0. The molecule has 3 aromatic carbocycles. The van der Waals surface area contributed by atoms with E-state index in [1.165, 1.54) is 12.1 Å². The van der Waals surface area contributed by atoms with Gasteiger partial charge in [0.2, 0.25) is 0 Å². The highest BCUT2D eigenvalue weighted by Crippen LogP contribution is 2.22. The van der Waals surface area contributed by atoms with Crippen molar-refractivity contribution >= 4 is 23.9 Å². The highest BCUT2D eigenvalue weighted by Gasteiger charge is 2.16. The van der Waals surface area contributed by atoms with Crippen molar-refractivity contribution in [3.8, 4) is 23.0 Å². The summed E-state index contributed by atoms with van der Waals surface area (Å²) in [5.41, 5.74) is 1.14. The molecule has 236 valence electrons. The van der Waals surface area contributed by atoms with Gasteiger partial charge in [-0.1, -0.05) is 13.2 Å². The fourth-order valence-electron chi connectivity index (χ4n) is 3.81. The molecule has 0 aromatic heterocycles. The first-order valence-corrected chi connectivity index (χ1v) is 14.4. The monoisotopic (exact) mass is 616 g/mol. The fourth-order valence-corrected chi connectivity index (χ4v) is 3.81. The molecule has 0 amide bonds. The topological polar surface area (TPSA) is 124 Å². The third-order valence-corrected chi connectivity index (χ3v) is 6.19. The molecule has 0 fully saturated rings. The van der Waals surface area contributed by atoms with E-state index >= 15 is 0 Å². The van der Waals surface area contributed by atoms with Crippen LogP contribution in [0, 0.1) is 6.92 Å². The molecule has 10 nitrogen and oxygen atoms in total. The lowest BCUT2D eigenvalue weighted by atomic mass is 10.1. The zero-order chi connectivity index (χ0) is 32.4. The second-order valence-electron chi connectivity index (χ2n) is 9.61. The van der Waals surface area contributed by atoms with Gasteiger partial charge < -0.3 is 28.4 Å². The minimum Gasteiger partial charge on any atom is -0.494 e. The molecule has 10 heteroatoms. The highest BCUT2D eigenvalue weighted by atomic mass is 16.5. The standard InChI is InChI=1S/C35H36O10/c1-4-32(36)42-22-8-6-20-40-27-11-15-29(16-12-27)44-34(38)26-10-19-31(25(3)24-26)35(39)45-30-17-13-28(14-18-30)41-21-7-9-23-43-33(37)5-2/h4-5,10-19,24H,1-2,6-9,20-23H2,3H3. The number of carbonyl (C=O) groups is 4. The first-order chi connectivity index (χ1) is 21.8. The Morgan fingerprint density at radius 3 is 1.44 bits per heavy atom. The summed E-state index contributed by atoms with van der Waals surface area (Å²) in [4.78, 5) is 47.5. The normalized spacial score (nSPS) is 10.2. The number of carbonyl (C=O) groups excluding carboxylic acids is 4. The van der Waals surface area contributed by atoms with Gasteiger partial charge in [0.05, 0.1) is 37.6 Å². The predicted molar refractivity (Wildman–Crippen MR) is 166 cm³/mol. The van der Waals surface area contributed by atoms with E-state index in [2.05, 4.69) is 13.2 Å². The van der Waals surface area contributed by atoms with Crippen LogP contribution < -0.4 is 18.9 Å². The Morgan fingerprint density at radius 1 is 0.578 bits per heavy atom. The lowest BCUT2D eigenvalue weighted by molar-refractivity contribution is -0.138. The molecule has 0 saturated heterocycles. The Labute approximate surface area is 262 Å². The van der Waals surface area contributed by atoms with Crippen LogP contribution in [-0.4, -0.2) is 50.3 Å². The molecule has 0 aliphatic carbocycles. The first kappa shape index (κ1) is 34.1. The Bertz CT molecular complexity index is 1460. The minimum absolute atomic E-state index is 0.280. The fraction of sp³-hybridized carbons (Fsp3) is 0.257. The lowest BCUT2D eigenvalue weighted by Crippen LogP contribution is -2.13. The van der Waals surface area contributed by atoms with Crippen LogP contribution in [0.3, 0.4) is 0 Å². The van der Waals surface area contributed by atoms with Crippen molar-refractivity contribution in [1.29, 1.82) is 0 Å². The van der Waals surface area contributed by atoms with E-state index in [4.69, 9.17) is 28.4 Å². The van der Waals surface area contributed by atoms with Crippen LogP contribution in [0.4, 0.5) is 0 Å². The number of ether oxygens (including phenoxy) is 6. The van der Waals surface area contributed by atoms with Gasteiger partial charge in [-0.25, -0.2) is 19.2 Å². The summed E-state index contributed by atoms with van der Waals surface area (Å²) < 4.78 is 32.1. The quantitative estimate of drug-likeness (QED) is 0.0705. The molecule has 3 rings (SSSR count). The molecule has 3 aromatic rings.